The Morgan fingerprint density at radius 3 is 2.74 bits per heavy atom. The molecule has 0 aliphatic carbocycles. The summed E-state index contributed by atoms with van der Waals surface area (Å²) in [6, 6.07) is 1.08. The molecule has 1 aliphatic heterocycles. The number of rotatable bonds is 6. The van der Waals surface area contributed by atoms with Gasteiger partial charge >= 0.3 is 5.97 Å². The van der Waals surface area contributed by atoms with Crippen LogP contribution in [0.5, 0.6) is 0 Å². The Morgan fingerprint density at radius 1 is 1.43 bits per heavy atom. The molecule has 0 aromatic carbocycles. The summed E-state index contributed by atoms with van der Waals surface area (Å²) in [5, 5.41) is 13.7. The first-order valence-electron chi connectivity index (χ1n) is 8.13. The van der Waals surface area contributed by atoms with Crippen LogP contribution in [0.3, 0.4) is 0 Å². The van der Waals surface area contributed by atoms with E-state index in [-0.39, 0.29) is 11.3 Å². The summed E-state index contributed by atoms with van der Waals surface area (Å²) in [6.45, 7) is 12.4. The third-order valence-electron chi connectivity index (χ3n) is 4.01. The summed E-state index contributed by atoms with van der Waals surface area (Å²) < 4.78 is 13.3. The minimum Gasteiger partial charge on any atom is -0.476 e. The predicted octanol–water partition coefficient (Wildman–Crippen LogP) is 2.79. The first-order valence-corrected chi connectivity index (χ1v) is 11.8. The van der Waals surface area contributed by atoms with E-state index in [2.05, 4.69) is 24.7 Å². The van der Waals surface area contributed by atoms with Gasteiger partial charge in [0, 0.05) is 38.8 Å². The number of carbonyl (C=O) groups is 1. The maximum atomic E-state index is 11.5. The quantitative estimate of drug-likeness (QED) is 0.637. The second kappa shape index (κ2) is 6.74. The molecule has 0 atom stereocenters. The van der Waals surface area contributed by atoms with Gasteiger partial charge in [-0.3, -0.25) is 0 Å². The number of ether oxygens (including phenoxy) is 2. The Kier molecular flexibility index (Phi) is 5.32. The highest BCUT2D eigenvalue weighted by Crippen LogP contribution is 2.27. The molecule has 2 rings (SSSR count). The molecule has 23 heavy (non-hydrogen) atoms. The number of aromatic carboxylic acids is 1. The van der Waals surface area contributed by atoms with E-state index in [1.54, 1.807) is 4.68 Å². The number of hydrogen-bond donors (Lipinski definition) is 1. The second-order valence-corrected chi connectivity index (χ2v) is 13.6. The monoisotopic (exact) mass is 340 g/mol. The van der Waals surface area contributed by atoms with Gasteiger partial charge in [0.2, 0.25) is 0 Å². The van der Waals surface area contributed by atoms with Gasteiger partial charge in [0.25, 0.3) is 0 Å². The van der Waals surface area contributed by atoms with Crippen molar-refractivity contribution in [1.29, 1.82) is 0 Å². The largest absolute Gasteiger partial charge is 0.476 e. The van der Waals surface area contributed by atoms with Gasteiger partial charge in [-0.1, -0.05) is 19.6 Å². The summed E-state index contributed by atoms with van der Waals surface area (Å²) in [5.41, 5.74) is 1.48. The van der Waals surface area contributed by atoms with Gasteiger partial charge in [-0.15, -0.1) is 0 Å². The van der Waals surface area contributed by atoms with Crippen LogP contribution >= 0.6 is 0 Å². The van der Waals surface area contributed by atoms with Crippen LogP contribution in [0.25, 0.3) is 0 Å². The number of hydrogen-bond acceptors (Lipinski definition) is 4. The number of aromatic nitrogens is 2. The van der Waals surface area contributed by atoms with E-state index in [1.807, 2.05) is 13.8 Å². The predicted molar refractivity (Wildman–Crippen MR) is 90.7 cm³/mol. The molecule has 2 heterocycles. The van der Waals surface area contributed by atoms with E-state index in [9.17, 15) is 9.90 Å². The van der Waals surface area contributed by atoms with E-state index < -0.39 is 14.0 Å². The van der Waals surface area contributed by atoms with Crippen molar-refractivity contribution in [2.45, 2.75) is 64.7 Å². The molecule has 7 heteroatoms. The smallest absolute Gasteiger partial charge is 0.356 e. The van der Waals surface area contributed by atoms with Gasteiger partial charge in [0.05, 0.1) is 12.2 Å². The summed E-state index contributed by atoms with van der Waals surface area (Å²) >= 11 is 0. The lowest BCUT2D eigenvalue weighted by Gasteiger charge is -2.22. The van der Waals surface area contributed by atoms with Gasteiger partial charge < -0.3 is 14.6 Å². The van der Waals surface area contributed by atoms with Crippen molar-refractivity contribution in [3.05, 3.63) is 17.0 Å². The van der Waals surface area contributed by atoms with E-state index in [1.165, 1.54) is 0 Å². The zero-order valence-electron chi connectivity index (χ0n) is 14.8. The Labute approximate surface area is 138 Å². The molecule has 1 aromatic rings. The lowest BCUT2D eigenvalue weighted by Crippen LogP contribution is -2.27. The molecule has 0 saturated heterocycles. The molecule has 1 aliphatic rings. The van der Waals surface area contributed by atoms with E-state index >= 15 is 0 Å². The fourth-order valence-electron chi connectivity index (χ4n) is 2.71. The Morgan fingerprint density at radius 2 is 2.13 bits per heavy atom. The molecule has 0 amide bonds. The van der Waals surface area contributed by atoms with Crippen molar-refractivity contribution in [2.75, 3.05) is 13.2 Å². The summed E-state index contributed by atoms with van der Waals surface area (Å²) in [6.07, 6.45) is 1.22. The van der Waals surface area contributed by atoms with Crippen LogP contribution in [-0.2, 0) is 29.0 Å². The molecule has 0 bridgehead atoms. The lowest BCUT2D eigenvalue weighted by molar-refractivity contribution is -0.0112. The molecule has 1 aromatic heterocycles. The van der Waals surface area contributed by atoms with Gasteiger partial charge in [-0.2, -0.15) is 5.10 Å². The van der Waals surface area contributed by atoms with Crippen molar-refractivity contribution in [1.82, 2.24) is 9.78 Å². The average molecular weight is 340 g/mol. The third kappa shape index (κ3) is 4.89. The van der Waals surface area contributed by atoms with E-state index in [4.69, 9.17) is 9.47 Å². The zero-order chi connectivity index (χ0) is 17.3. The molecule has 0 radical (unpaired) electrons. The Hall–Kier alpha value is -1.18. The third-order valence-corrected chi connectivity index (χ3v) is 5.72. The molecular formula is C16H28N2O4Si. The molecular weight excluding hydrogens is 312 g/mol. The van der Waals surface area contributed by atoms with Gasteiger partial charge in [-0.05, 0) is 19.9 Å². The average Bonchev–Trinajstić information content (AvgIpc) is 2.62. The lowest BCUT2D eigenvalue weighted by atomic mass is 9.97. The standard InChI is InChI=1S/C16H28N2O4Si/c1-16(2)10-12-13(6-7-22-16)18(17-14(12)15(19)20)11-21-8-9-23(3,4)5/h6-11H2,1-5H3,(H,19,20). The van der Waals surface area contributed by atoms with E-state index in [0.717, 1.165) is 17.3 Å². The van der Waals surface area contributed by atoms with Crippen LogP contribution in [-0.4, -0.2) is 47.7 Å². The molecule has 130 valence electrons. The molecule has 0 unspecified atom stereocenters. The highest BCUT2D eigenvalue weighted by atomic mass is 28.3. The Balaban J connectivity index is 2.16. The number of carboxylic acids is 1. The zero-order valence-corrected chi connectivity index (χ0v) is 15.8. The fourth-order valence-corrected chi connectivity index (χ4v) is 3.47. The first kappa shape index (κ1) is 18.2. The number of nitrogens with zero attached hydrogens (tertiary/aromatic N) is 2. The topological polar surface area (TPSA) is 73.6 Å². The van der Waals surface area contributed by atoms with Crippen LogP contribution < -0.4 is 0 Å². The molecule has 0 fully saturated rings. The van der Waals surface area contributed by atoms with Crippen molar-refractivity contribution >= 4 is 14.0 Å². The van der Waals surface area contributed by atoms with Crippen molar-refractivity contribution in [2.24, 2.45) is 0 Å². The normalized spacial score (nSPS) is 17.6. The van der Waals surface area contributed by atoms with Crippen LogP contribution in [0.1, 0.15) is 35.6 Å². The van der Waals surface area contributed by atoms with Crippen molar-refractivity contribution in [3.8, 4) is 0 Å². The van der Waals surface area contributed by atoms with Crippen LogP contribution in [0.2, 0.25) is 25.7 Å². The molecule has 0 saturated carbocycles. The van der Waals surface area contributed by atoms with E-state index in [0.29, 0.717) is 32.8 Å². The fraction of sp³-hybridized carbons (Fsp3) is 0.750. The maximum Gasteiger partial charge on any atom is 0.356 e. The van der Waals surface area contributed by atoms with Crippen molar-refractivity contribution < 1.29 is 19.4 Å². The minimum absolute atomic E-state index is 0.132. The van der Waals surface area contributed by atoms with Gasteiger partial charge in [-0.25, -0.2) is 9.48 Å². The number of carboxylic acid groups (broad SMARTS) is 1. The second-order valence-electron chi connectivity index (χ2n) is 7.96. The highest BCUT2D eigenvalue weighted by Gasteiger charge is 2.31. The SMILES string of the molecule is CC1(C)Cc2c(C(=O)O)nn(COCC[Si](C)(C)C)c2CCO1. The molecule has 6 nitrogen and oxygen atoms in total. The first-order chi connectivity index (χ1) is 10.6. The summed E-state index contributed by atoms with van der Waals surface area (Å²) in [5.74, 6) is -0.986. The summed E-state index contributed by atoms with van der Waals surface area (Å²) in [4.78, 5) is 11.5. The number of fused-ring (bicyclic) bond motifs is 1. The molecule has 1 N–H and O–H groups in total. The maximum absolute atomic E-state index is 11.5. The van der Waals surface area contributed by atoms with Gasteiger partial charge in [0.1, 0.15) is 6.73 Å². The molecule has 0 spiro atoms. The van der Waals surface area contributed by atoms with Crippen LogP contribution in [0.15, 0.2) is 0 Å². The Bertz CT molecular complexity index is 575. The van der Waals surface area contributed by atoms with Crippen molar-refractivity contribution in [3.63, 3.8) is 0 Å². The minimum atomic E-state index is -1.13. The van der Waals surface area contributed by atoms with Crippen LogP contribution in [0, 0.1) is 0 Å². The highest BCUT2D eigenvalue weighted by molar-refractivity contribution is 6.76. The van der Waals surface area contributed by atoms with Crippen LogP contribution in [0.4, 0.5) is 0 Å². The summed E-state index contributed by atoms with van der Waals surface area (Å²) in [7, 11) is -1.13. The van der Waals surface area contributed by atoms with Gasteiger partial charge in [0.15, 0.2) is 5.69 Å².